The summed E-state index contributed by atoms with van der Waals surface area (Å²) in [6, 6.07) is 32.9. The van der Waals surface area contributed by atoms with Crippen LogP contribution in [0.3, 0.4) is 0 Å². The van der Waals surface area contributed by atoms with Crippen LogP contribution in [0, 0.1) is 0 Å². The Labute approximate surface area is 189 Å². The zero-order chi connectivity index (χ0) is 21.3. The largest absolute Gasteiger partial charge is 0.463 e. The summed E-state index contributed by atoms with van der Waals surface area (Å²) in [5, 5.41) is 4.40. The molecule has 0 aliphatic carbocycles. The highest BCUT2D eigenvalue weighted by molar-refractivity contribution is 7.13. The molecule has 0 atom stereocenters. The minimum Gasteiger partial charge on any atom is -0.463 e. The summed E-state index contributed by atoms with van der Waals surface area (Å²) in [5.74, 6) is 0.711. The van der Waals surface area contributed by atoms with E-state index in [-0.39, 0.29) is 0 Å². The molecular weight excluding hydrogens is 412 g/mol. The second-order valence-electron chi connectivity index (χ2n) is 7.47. The van der Waals surface area contributed by atoms with Gasteiger partial charge in [-0.2, -0.15) is 0 Å². The SMILES string of the molecule is c1ccc(-c2nc(-c3ccco3)c(-c3cccs3)nc2-c2cccc3ccccc23)cc1. The molecule has 0 amide bonds. The molecule has 0 radical (unpaired) electrons. The predicted octanol–water partition coefficient (Wildman–Crippen LogP) is 7.95. The van der Waals surface area contributed by atoms with E-state index in [1.54, 1.807) is 17.6 Å². The molecule has 0 aliphatic rings. The number of benzene rings is 3. The van der Waals surface area contributed by atoms with Crippen molar-refractivity contribution in [3.8, 4) is 44.5 Å². The third kappa shape index (κ3) is 3.22. The summed E-state index contributed by atoms with van der Waals surface area (Å²) < 4.78 is 5.77. The van der Waals surface area contributed by atoms with Crippen LogP contribution in [-0.4, -0.2) is 9.97 Å². The highest BCUT2D eigenvalue weighted by Gasteiger charge is 2.21. The molecule has 0 fully saturated rings. The zero-order valence-electron chi connectivity index (χ0n) is 17.1. The molecule has 3 heterocycles. The van der Waals surface area contributed by atoms with Crippen molar-refractivity contribution < 1.29 is 4.42 Å². The van der Waals surface area contributed by atoms with Crippen molar-refractivity contribution in [3.63, 3.8) is 0 Å². The average Bonchev–Trinajstić information content (AvgIpc) is 3.58. The first kappa shape index (κ1) is 18.7. The van der Waals surface area contributed by atoms with Gasteiger partial charge in [0.2, 0.25) is 0 Å². The molecule has 6 aromatic rings. The van der Waals surface area contributed by atoms with Gasteiger partial charge in [-0.3, -0.25) is 0 Å². The molecule has 0 spiro atoms. The summed E-state index contributed by atoms with van der Waals surface area (Å²) in [6.45, 7) is 0. The number of hydrogen-bond acceptors (Lipinski definition) is 4. The lowest BCUT2D eigenvalue weighted by Crippen LogP contribution is -2.00. The van der Waals surface area contributed by atoms with Gasteiger partial charge >= 0.3 is 0 Å². The van der Waals surface area contributed by atoms with E-state index in [1.807, 2.05) is 36.4 Å². The van der Waals surface area contributed by atoms with Gasteiger partial charge in [0.25, 0.3) is 0 Å². The fraction of sp³-hybridized carbons (Fsp3) is 0. The zero-order valence-corrected chi connectivity index (χ0v) is 17.9. The summed E-state index contributed by atoms with van der Waals surface area (Å²) in [5.41, 5.74) is 5.38. The molecular formula is C28H18N2OS. The van der Waals surface area contributed by atoms with Crippen molar-refractivity contribution in [1.82, 2.24) is 9.97 Å². The molecule has 0 saturated heterocycles. The van der Waals surface area contributed by atoms with Crippen LogP contribution in [0.5, 0.6) is 0 Å². The molecule has 32 heavy (non-hydrogen) atoms. The van der Waals surface area contributed by atoms with E-state index in [0.29, 0.717) is 5.76 Å². The van der Waals surface area contributed by atoms with Crippen LogP contribution >= 0.6 is 11.3 Å². The lowest BCUT2D eigenvalue weighted by atomic mass is 9.97. The topological polar surface area (TPSA) is 38.9 Å². The van der Waals surface area contributed by atoms with Gasteiger partial charge < -0.3 is 4.42 Å². The number of rotatable bonds is 4. The van der Waals surface area contributed by atoms with Crippen LogP contribution in [0.15, 0.2) is 113 Å². The Bertz CT molecular complexity index is 1500. The van der Waals surface area contributed by atoms with Gasteiger partial charge in [-0.05, 0) is 34.4 Å². The van der Waals surface area contributed by atoms with Crippen LogP contribution in [0.25, 0.3) is 55.3 Å². The standard InChI is InChI=1S/C28H18N2OS/c1-2-10-20(11-3-1)25-26(22-14-6-12-19-9-4-5-13-21(19)22)30-28(24-16-8-18-32-24)27(29-25)23-15-7-17-31-23/h1-18H. The minimum atomic E-state index is 0.711. The van der Waals surface area contributed by atoms with E-state index in [4.69, 9.17) is 14.4 Å². The van der Waals surface area contributed by atoms with Crippen molar-refractivity contribution in [3.05, 3.63) is 109 Å². The smallest absolute Gasteiger partial charge is 0.154 e. The Morgan fingerprint density at radius 3 is 2.22 bits per heavy atom. The highest BCUT2D eigenvalue weighted by atomic mass is 32.1. The van der Waals surface area contributed by atoms with Crippen LogP contribution in [0.2, 0.25) is 0 Å². The third-order valence-electron chi connectivity index (χ3n) is 5.50. The van der Waals surface area contributed by atoms with Gasteiger partial charge in [-0.25, -0.2) is 9.97 Å². The van der Waals surface area contributed by atoms with Gasteiger partial charge in [0.15, 0.2) is 5.76 Å². The number of fused-ring (bicyclic) bond motifs is 1. The summed E-state index contributed by atoms with van der Waals surface area (Å²) in [7, 11) is 0. The molecule has 0 bridgehead atoms. The summed E-state index contributed by atoms with van der Waals surface area (Å²) in [6.07, 6.45) is 1.68. The maximum Gasteiger partial charge on any atom is 0.154 e. The summed E-state index contributed by atoms with van der Waals surface area (Å²) in [4.78, 5) is 11.5. The van der Waals surface area contributed by atoms with Crippen molar-refractivity contribution in [2.24, 2.45) is 0 Å². The van der Waals surface area contributed by atoms with E-state index in [9.17, 15) is 0 Å². The van der Waals surface area contributed by atoms with Crippen molar-refractivity contribution in [1.29, 1.82) is 0 Å². The van der Waals surface area contributed by atoms with Crippen LogP contribution in [0.4, 0.5) is 0 Å². The maximum absolute atomic E-state index is 5.77. The molecule has 3 aromatic carbocycles. The van der Waals surface area contributed by atoms with E-state index >= 15 is 0 Å². The summed E-state index contributed by atoms with van der Waals surface area (Å²) >= 11 is 1.65. The molecule has 0 unspecified atom stereocenters. The fourth-order valence-electron chi connectivity index (χ4n) is 4.02. The third-order valence-corrected chi connectivity index (χ3v) is 6.37. The number of hydrogen-bond donors (Lipinski definition) is 0. The van der Waals surface area contributed by atoms with Gasteiger partial charge in [0.05, 0.1) is 22.5 Å². The minimum absolute atomic E-state index is 0.711. The van der Waals surface area contributed by atoms with Gasteiger partial charge in [-0.15, -0.1) is 11.3 Å². The van der Waals surface area contributed by atoms with Crippen LogP contribution in [-0.2, 0) is 0 Å². The number of aromatic nitrogens is 2. The second kappa shape index (κ2) is 7.91. The lowest BCUT2D eigenvalue weighted by molar-refractivity contribution is 0.580. The Morgan fingerprint density at radius 1 is 0.594 bits per heavy atom. The molecule has 4 heteroatoms. The van der Waals surface area contributed by atoms with Crippen LogP contribution < -0.4 is 0 Å². The van der Waals surface area contributed by atoms with Crippen molar-refractivity contribution in [2.45, 2.75) is 0 Å². The monoisotopic (exact) mass is 430 g/mol. The fourth-order valence-corrected chi connectivity index (χ4v) is 4.74. The normalized spacial score (nSPS) is 11.1. The van der Waals surface area contributed by atoms with Crippen molar-refractivity contribution >= 4 is 22.1 Å². The van der Waals surface area contributed by atoms with E-state index in [0.717, 1.165) is 44.2 Å². The first-order valence-electron chi connectivity index (χ1n) is 10.4. The maximum atomic E-state index is 5.77. The van der Waals surface area contributed by atoms with Gasteiger partial charge in [-0.1, -0.05) is 78.9 Å². The first-order chi connectivity index (χ1) is 15.9. The predicted molar refractivity (Wildman–Crippen MR) is 131 cm³/mol. The van der Waals surface area contributed by atoms with Gasteiger partial charge in [0, 0.05) is 11.1 Å². The second-order valence-corrected chi connectivity index (χ2v) is 8.41. The van der Waals surface area contributed by atoms with E-state index in [1.165, 1.54) is 5.39 Å². The Morgan fingerprint density at radius 2 is 1.41 bits per heavy atom. The molecule has 3 aromatic heterocycles. The number of furan rings is 1. The number of nitrogens with zero attached hydrogens (tertiary/aromatic N) is 2. The first-order valence-corrected chi connectivity index (χ1v) is 11.3. The lowest BCUT2D eigenvalue weighted by Gasteiger charge is -2.15. The molecule has 6 rings (SSSR count). The van der Waals surface area contributed by atoms with Gasteiger partial charge in [0.1, 0.15) is 11.4 Å². The Kier molecular flexibility index (Phi) is 4.63. The Balaban J connectivity index is 1.72. The number of thiophene rings is 1. The molecule has 0 saturated carbocycles. The molecule has 152 valence electrons. The van der Waals surface area contributed by atoms with Crippen LogP contribution in [0.1, 0.15) is 0 Å². The van der Waals surface area contributed by atoms with E-state index in [2.05, 4.69) is 66.0 Å². The molecule has 0 N–H and O–H groups in total. The highest BCUT2D eigenvalue weighted by Crippen LogP contribution is 2.40. The Hall–Kier alpha value is -4.02. The van der Waals surface area contributed by atoms with E-state index < -0.39 is 0 Å². The molecule has 0 aliphatic heterocycles. The quantitative estimate of drug-likeness (QED) is 0.285. The van der Waals surface area contributed by atoms with Crippen molar-refractivity contribution in [2.75, 3.05) is 0 Å². The molecule has 3 nitrogen and oxygen atoms in total. The average molecular weight is 431 g/mol.